The summed E-state index contributed by atoms with van der Waals surface area (Å²) in [6.45, 7) is 30.0. The Labute approximate surface area is 333 Å². The van der Waals surface area contributed by atoms with Crippen LogP contribution in [0.15, 0.2) is 48.5 Å². The minimum absolute atomic E-state index is 0.177. The second kappa shape index (κ2) is 28.4. The molecule has 2 aromatic carbocycles. The molecule has 11 heteroatoms. The van der Waals surface area contributed by atoms with Gasteiger partial charge >= 0.3 is 0 Å². The van der Waals surface area contributed by atoms with Gasteiger partial charge in [-0.1, -0.05) is 90.1 Å². The number of ether oxygens (including phenoxy) is 9. The standard InChI is InChI=1S/C23H39NO5.C21H35NO4/c1-23(2,3)22-6-4-21(5-7-22)20-24-8-10-25-12-14-27-16-18-29-19-17-28-15-13-26-11-9-24;1-21(2,3)20-6-4-19(5-7-20)18-22-8-10-23-12-14-25-16-17-26-15-13-24-11-9-22/h4-7H,8-20H2,1-3H3;4-7H,8-18H2,1-3H3. The minimum Gasteiger partial charge on any atom is -0.378 e. The quantitative estimate of drug-likeness (QED) is 0.381. The zero-order valence-corrected chi connectivity index (χ0v) is 35.2. The summed E-state index contributed by atoms with van der Waals surface area (Å²) in [5.41, 5.74) is 5.72. The number of hydrogen-bond donors (Lipinski definition) is 0. The number of nitrogens with zero attached hydrogens (tertiary/aromatic N) is 2. The fraction of sp³-hybridized carbons (Fsp3) is 0.727. The number of hydrogen-bond acceptors (Lipinski definition) is 11. The Kier molecular flexibility index (Phi) is 24.5. The maximum Gasteiger partial charge on any atom is 0.0701 e. The zero-order chi connectivity index (χ0) is 39.5. The van der Waals surface area contributed by atoms with E-state index in [2.05, 4.69) is 99.9 Å². The van der Waals surface area contributed by atoms with Crippen LogP contribution >= 0.6 is 0 Å². The van der Waals surface area contributed by atoms with Gasteiger partial charge in [0.25, 0.3) is 0 Å². The first-order valence-corrected chi connectivity index (χ1v) is 20.4. The van der Waals surface area contributed by atoms with Gasteiger partial charge in [-0.05, 0) is 33.1 Å². The summed E-state index contributed by atoms with van der Waals surface area (Å²) >= 11 is 0. The Morgan fingerprint density at radius 1 is 0.327 bits per heavy atom. The summed E-state index contributed by atoms with van der Waals surface area (Å²) in [5, 5.41) is 0. The maximum absolute atomic E-state index is 5.74. The monoisotopic (exact) mass is 775 g/mol. The smallest absolute Gasteiger partial charge is 0.0701 e. The molecule has 0 atom stereocenters. The van der Waals surface area contributed by atoms with Crippen LogP contribution in [0.25, 0.3) is 0 Å². The van der Waals surface area contributed by atoms with Crippen LogP contribution in [-0.2, 0) is 66.6 Å². The first-order chi connectivity index (χ1) is 26.6. The highest BCUT2D eigenvalue weighted by atomic mass is 16.6. The zero-order valence-electron chi connectivity index (χ0n) is 35.2. The van der Waals surface area contributed by atoms with Gasteiger partial charge in [0.1, 0.15) is 0 Å². The molecule has 0 N–H and O–H groups in total. The van der Waals surface area contributed by atoms with Gasteiger partial charge in [-0.2, -0.15) is 0 Å². The Hall–Kier alpha value is -2.00. The van der Waals surface area contributed by atoms with Crippen LogP contribution in [0.2, 0.25) is 0 Å². The summed E-state index contributed by atoms with van der Waals surface area (Å²) in [4.78, 5) is 4.76. The van der Waals surface area contributed by atoms with E-state index in [0.717, 1.165) is 39.3 Å². The first kappa shape index (κ1) is 47.4. The molecule has 2 aliphatic heterocycles. The molecule has 0 aromatic heterocycles. The molecule has 4 rings (SSSR count). The summed E-state index contributed by atoms with van der Waals surface area (Å²) in [5.74, 6) is 0. The summed E-state index contributed by atoms with van der Waals surface area (Å²) < 4.78 is 50.3. The average molecular weight is 775 g/mol. The van der Waals surface area contributed by atoms with Crippen LogP contribution < -0.4 is 0 Å². The van der Waals surface area contributed by atoms with Crippen molar-refractivity contribution in [2.24, 2.45) is 0 Å². The fourth-order valence-electron chi connectivity index (χ4n) is 5.79. The maximum atomic E-state index is 5.74. The van der Waals surface area contributed by atoms with Gasteiger partial charge in [0.05, 0.1) is 119 Å². The molecule has 0 amide bonds. The van der Waals surface area contributed by atoms with E-state index in [1.165, 1.54) is 22.3 Å². The molecule has 11 nitrogen and oxygen atoms in total. The van der Waals surface area contributed by atoms with Crippen molar-refractivity contribution >= 4 is 0 Å². The SMILES string of the molecule is CC(C)(C)c1ccc(CN2CCOCCOCCOCCOCC2)cc1.CC(C)(C)c1ccc(CN2CCOCCOCCOCCOCCOCC2)cc1. The second-order valence-electron chi connectivity index (χ2n) is 16.0. The molecule has 2 fully saturated rings. The second-order valence-corrected chi connectivity index (χ2v) is 16.0. The van der Waals surface area contributed by atoms with E-state index in [9.17, 15) is 0 Å². The third kappa shape index (κ3) is 23.1. The molecule has 0 bridgehead atoms. The predicted molar refractivity (Wildman–Crippen MR) is 218 cm³/mol. The van der Waals surface area contributed by atoms with Gasteiger partial charge < -0.3 is 42.6 Å². The van der Waals surface area contributed by atoms with E-state index in [1.54, 1.807) is 0 Å². The van der Waals surface area contributed by atoms with Crippen LogP contribution in [0.4, 0.5) is 0 Å². The Balaban J connectivity index is 0.000000297. The first-order valence-electron chi connectivity index (χ1n) is 20.4. The molecule has 2 heterocycles. The summed E-state index contributed by atoms with van der Waals surface area (Å²) in [6, 6.07) is 17.9. The Bertz CT molecular complexity index is 1170. The minimum atomic E-state index is 0.177. The van der Waals surface area contributed by atoms with Crippen LogP contribution in [0.5, 0.6) is 0 Å². The van der Waals surface area contributed by atoms with E-state index in [1.807, 2.05) is 0 Å². The molecule has 2 saturated heterocycles. The molecule has 0 saturated carbocycles. The number of rotatable bonds is 4. The van der Waals surface area contributed by atoms with Crippen molar-refractivity contribution < 1.29 is 42.6 Å². The number of benzene rings is 2. The Morgan fingerprint density at radius 2 is 0.527 bits per heavy atom. The lowest BCUT2D eigenvalue weighted by atomic mass is 9.87. The van der Waals surface area contributed by atoms with Crippen molar-refractivity contribution in [3.63, 3.8) is 0 Å². The highest BCUT2D eigenvalue weighted by Gasteiger charge is 2.15. The summed E-state index contributed by atoms with van der Waals surface area (Å²) in [6.07, 6.45) is 0. The van der Waals surface area contributed by atoms with Gasteiger partial charge in [-0.3, -0.25) is 9.80 Å². The lowest BCUT2D eigenvalue weighted by Crippen LogP contribution is -2.31. The predicted octanol–water partition coefficient (Wildman–Crippen LogP) is 5.75. The van der Waals surface area contributed by atoms with Gasteiger partial charge in [0, 0.05) is 39.3 Å². The van der Waals surface area contributed by atoms with Crippen molar-refractivity contribution in [1.29, 1.82) is 0 Å². The molecular formula is C44H74N2O9. The van der Waals surface area contributed by atoms with Crippen LogP contribution in [-0.4, -0.2) is 155 Å². The molecule has 0 unspecified atom stereocenters. The third-order valence-corrected chi connectivity index (χ3v) is 9.26. The van der Waals surface area contributed by atoms with Gasteiger partial charge in [0.15, 0.2) is 0 Å². The van der Waals surface area contributed by atoms with E-state index in [4.69, 9.17) is 42.6 Å². The van der Waals surface area contributed by atoms with Crippen molar-refractivity contribution in [3.05, 3.63) is 70.8 Å². The topological polar surface area (TPSA) is 89.6 Å². The van der Waals surface area contributed by atoms with Crippen molar-refractivity contribution in [3.8, 4) is 0 Å². The highest BCUT2D eigenvalue weighted by molar-refractivity contribution is 5.28. The fourth-order valence-corrected chi connectivity index (χ4v) is 5.79. The third-order valence-electron chi connectivity index (χ3n) is 9.26. The van der Waals surface area contributed by atoms with Gasteiger partial charge in [-0.15, -0.1) is 0 Å². The van der Waals surface area contributed by atoms with E-state index >= 15 is 0 Å². The molecule has 2 aromatic rings. The molecule has 2 aliphatic rings. The molecule has 55 heavy (non-hydrogen) atoms. The van der Waals surface area contributed by atoms with E-state index < -0.39 is 0 Å². The lowest BCUT2D eigenvalue weighted by Gasteiger charge is -2.24. The van der Waals surface area contributed by atoms with E-state index in [-0.39, 0.29) is 10.8 Å². The van der Waals surface area contributed by atoms with Crippen molar-refractivity contribution in [2.75, 3.05) is 145 Å². The van der Waals surface area contributed by atoms with Crippen LogP contribution in [0, 0.1) is 0 Å². The summed E-state index contributed by atoms with van der Waals surface area (Å²) in [7, 11) is 0. The van der Waals surface area contributed by atoms with Crippen molar-refractivity contribution in [1.82, 2.24) is 9.80 Å². The Morgan fingerprint density at radius 3 is 0.727 bits per heavy atom. The van der Waals surface area contributed by atoms with Gasteiger partial charge in [-0.25, -0.2) is 0 Å². The highest BCUT2D eigenvalue weighted by Crippen LogP contribution is 2.23. The average Bonchev–Trinajstić information content (AvgIpc) is 3.16. The van der Waals surface area contributed by atoms with Crippen molar-refractivity contribution in [2.45, 2.75) is 65.5 Å². The van der Waals surface area contributed by atoms with Gasteiger partial charge in [0.2, 0.25) is 0 Å². The molecule has 314 valence electrons. The molecular weight excluding hydrogens is 700 g/mol. The lowest BCUT2D eigenvalue weighted by molar-refractivity contribution is -0.0189. The normalized spacial score (nSPS) is 20.5. The van der Waals surface area contributed by atoms with E-state index in [0.29, 0.717) is 119 Å². The molecule has 0 spiro atoms. The largest absolute Gasteiger partial charge is 0.378 e. The van der Waals surface area contributed by atoms with Crippen LogP contribution in [0.3, 0.4) is 0 Å². The van der Waals surface area contributed by atoms with Crippen LogP contribution in [0.1, 0.15) is 63.8 Å². The molecule has 0 aliphatic carbocycles. The molecule has 0 radical (unpaired) electrons.